The quantitative estimate of drug-likeness (QED) is 0.371. The Morgan fingerprint density at radius 3 is 2.41 bits per heavy atom. The SMILES string of the molecule is CC(C)[C@@H]1C[C@H](c2ccc(Cl)cc2)CO[C@H]1c1cccc(OCC(=O)N2CCN(C(=O)c3ccco3)CC2)c1. The molecular formula is C31H35ClN2O5. The van der Waals surface area contributed by atoms with Gasteiger partial charge in [0.15, 0.2) is 12.4 Å². The van der Waals surface area contributed by atoms with Gasteiger partial charge in [-0.25, -0.2) is 0 Å². The van der Waals surface area contributed by atoms with E-state index in [4.69, 9.17) is 25.5 Å². The van der Waals surface area contributed by atoms with Crippen LogP contribution in [0.2, 0.25) is 5.02 Å². The van der Waals surface area contributed by atoms with E-state index in [-0.39, 0.29) is 24.5 Å². The number of ether oxygens (including phenoxy) is 2. The molecule has 2 aromatic carbocycles. The third-order valence-corrected chi connectivity index (χ3v) is 8.07. The van der Waals surface area contributed by atoms with Gasteiger partial charge in [-0.3, -0.25) is 9.59 Å². The van der Waals surface area contributed by atoms with Gasteiger partial charge < -0.3 is 23.7 Å². The van der Waals surface area contributed by atoms with Crippen molar-refractivity contribution in [3.05, 3.63) is 88.8 Å². The first-order chi connectivity index (χ1) is 18.9. The van der Waals surface area contributed by atoms with Crippen LogP contribution in [-0.2, 0) is 9.53 Å². The number of halogens is 1. The number of rotatable bonds is 7. The average molecular weight is 551 g/mol. The first-order valence-corrected chi connectivity index (χ1v) is 14.0. The van der Waals surface area contributed by atoms with Gasteiger partial charge in [-0.1, -0.05) is 49.7 Å². The zero-order valence-corrected chi connectivity index (χ0v) is 23.2. The van der Waals surface area contributed by atoms with E-state index in [1.54, 1.807) is 21.9 Å². The maximum absolute atomic E-state index is 12.8. The van der Waals surface area contributed by atoms with E-state index in [9.17, 15) is 9.59 Å². The molecule has 0 unspecified atom stereocenters. The number of carbonyl (C=O) groups excluding carboxylic acids is 2. The van der Waals surface area contributed by atoms with Gasteiger partial charge in [0.1, 0.15) is 5.75 Å². The van der Waals surface area contributed by atoms with Crippen molar-refractivity contribution in [2.75, 3.05) is 39.4 Å². The number of benzene rings is 2. The molecule has 2 aliphatic heterocycles. The largest absolute Gasteiger partial charge is 0.484 e. The molecule has 1 aromatic heterocycles. The van der Waals surface area contributed by atoms with Crippen molar-refractivity contribution >= 4 is 23.4 Å². The first-order valence-electron chi connectivity index (χ1n) is 13.6. The van der Waals surface area contributed by atoms with Crippen molar-refractivity contribution in [2.45, 2.75) is 32.3 Å². The van der Waals surface area contributed by atoms with Crippen molar-refractivity contribution < 1.29 is 23.5 Å². The van der Waals surface area contributed by atoms with Gasteiger partial charge in [0.2, 0.25) is 0 Å². The molecule has 0 aliphatic carbocycles. The summed E-state index contributed by atoms with van der Waals surface area (Å²) < 4.78 is 17.6. The van der Waals surface area contributed by atoms with Crippen molar-refractivity contribution in [3.8, 4) is 5.75 Å². The van der Waals surface area contributed by atoms with Gasteiger partial charge >= 0.3 is 0 Å². The molecule has 2 amide bonds. The van der Waals surface area contributed by atoms with Gasteiger partial charge in [-0.2, -0.15) is 0 Å². The van der Waals surface area contributed by atoms with E-state index >= 15 is 0 Å². The molecule has 0 saturated carbocycles. The molecule has 39 heavy (non-hydrogen) atoms. The smallest absolute Gasteiger partial charge is 0.289 e. The lowest BCUT2D eigenvalue weighted by atomic mass is 9.76. The molecule has 206 valence electrons. The number of carbonyl (C=O) groups is 2. The predicted molar refractivity (Wildman–Crippen MR) is 149 cm³/mol. The lowest BCUT2D eigenvalue weighted by Gasteiger charge is -2.39. The number of nitrogens with zero attached hydrogens (tertiary/aromatic N) is 2. The summed E-state index contributed by atoms with van der Waals surface area (Å²) in [5.41, 5.74) is 2.32. The number of amides is 2. The average Bonchev–Trinajstić information content (AvgIpc) is 3.51. The third kappa shape index (κ3) is 6.48. The maximum atomic E-state index is 12.8. The molecule has 2 fully saturated rings. The molecule has 2 saturated heterocycles. The van der Waals surface area contributed by atoms with E-state index in [1.165, 1.54) is 11.8 Å². The first kappa shape index (κ1) is 27.3. The molecule has 7 nitrogen and oxygen atoms in total. The van der Waals surface area contributed by atoms with Crippen LogP contribution in [-0.4, -0.2) is 61.0 Å². The number of hydrogen-bond donors (Lipinski definition) is 0. The Morgan fingerprint density at radius 2 is 1.72 bits per heavy atom. The highest BCUT2D eigenvalue weighted by atomic mass is 35.5. The molecule has 3 atom stereocenters. The third-order valence-electron chi connectivity index (χ3n) is 7.82. The second-order valence-electron chi connectivity index (χ2n) is 10.7. The summed E-state index contributed by atoms with van der Waals surface area (Å²) in [6.45, 7) is 6.95. The Morgan fingerprint density at radius 1 is 0.974 bits per heavy atom. The summed E-state index contributed by atoms with van der Waals surface area (Å²) in [6, 6.07) is 19.3. The van der Waals surface area contributed by atoms with Crippen molar-refractivity contribution in [2.24, 2.45) is 11.8 Å². The number of furan rings is 1. The topological polar surface area (TPSA) is 72.2 Å². The summed E-state index contributed by atoms with van der Waals surface area (Å²) in [5, 5.41) is 0.742. The molecule has 8 heteroatoms. The molecule has 0 spiro atoms. The number of hydrogen-bond acceptors (Lipinski definition) is 5. The molecule has 5 rings (SSSR count). The summed E-state index contributed by atoms with van der Waals surface area (Å²) in [6.07, 6.45) is 2.48. The zero-order valence-electron chi connectivity index (χ0n) is 22.4. The summed E-state index contributed by atoms with van der Waals surface area (Å²) in [4.78, 5) is 28.8. The van der Waals surface area contributed by atoms with Crippen LogP contribution in [0.1, 0.15) is 54.0 Å². The number of piperazine rings is 1. The van der Waals surface area contributed by atoms with Gasteiger partial charge in [0.05, 0.1) is 19.0 Å². The second-order valence-corrected chi connectivity index (χ2v) is 11.1. The van der Waals surface area contributed by atoms with Crippen LogP contribution in [0, 0.1) is 11.8 Å². The van der Waals surface area contributed by atoms with Crippen LogP contribution >= 0.6 is 11.6 Å². The summed E-state index contributed by atoms with van der Waals surface area (Å²) in [5.74, 6) is 1.84. The molecular weight excluding hydrogens is 516 g/mol. The van der Waals surface area contributed by atoms with Crippen LogP contribution in [0.4, 0.5) is 0 Å². The van der Waals surface area contributed by atoms with Crippen LogP contribution in [0.15, 0.2) is 71.3 Å². The van der Waals surface area contributed by atoms with Crippen molar-refractivity contribution in [1.29, 1.82) is 0 Å². The van der Waals surface area contributed by atoms with Crippen LogP contribution in [0.25, 0.3) is 0 Å². The Hall–Kier alpha value is -3.29. The highest BCUT2D eigenvalue weighted by molar-refractivity contribution is 6.30. The van der Waals surface area contributed by atoms with Gasteiger partial charge in [0.25, 0.3) is 11.8 Å². The van der Waals surface area contributed by atoms with E-state index < -0.39 is 0 Å². The fraction of sp³-hybridized carbons (Fsp3) is 0.419. The minimum absolute atomic E-state index is 0.0347. The second kappa shape index (κ2) is 12.3. The zero-order chi connectivity index (χ0) is 27.4. The van der Waals surface area contributed by atoms with Crippen molar-refractivity contribution in [3.63, 3.8) is 0 Å². The molecule has 3 heterocycles. The minimum atomic E-state index is -0.149. The normalized spacial score (nSPS) is 21.7. The molecule has 0 N–H and O–H groups in total. The molecule has 3 aromatic rings. The minimum Gasteiger partial charge on any atom is -0.484 e. The van der Waals surface area contributed by atoms with Gasteiger partial charge in [0, 0.05) is 37.1 Å². The fourth-order valence-electron chi connectivity index (χ4n) is 5.53. The highest BCUT2D eigenvalue weighted by Crippen LogP contribution is 2.44. The Balaban J connectivity index is 1.16. The van der Waals surface area contributed by atoms with Crippen LogP contribution in [0.3, 0.4) is 0 Å². The summed E-state index contributed by atoms with van der Waals surface area (Å²) in [7, 11) is 0. The maximum Gasteiger partial charge on any atom is 0.289 e. The highest BCUT2D eigenvalue weighted by Gasteiger charge is 2.35. The fourth-order valence-corrected chi connectivity index (χ4v) is 5.65. The lowest BCUT2D eigenvalue weighted by molar-refractivity contribution is -0.134. The van der Waals surface area contributed by atoms with E-state index in [0.29, 0.717) is 62.0 Å². The Labute approximate surface area is 234 Å². The van der Waals surface area contributed by atoms with E-state index in [0.717, 1.165) is 17.0 Å². The lowest BCUT2D eigenvalue weighted by Crippen LogP contribution is -2.51. The van der Waals surface area contributed by atoms with E-state index in [1.807, 2.05) is 30.3 Å². The Bertz CT molecular complexity index is 1250. The molecule has 0 radical (unpaired) electrons. The van der Waals surface area contributed by atoms with Gasteiger partial charge in [-0.05, 0) is 65.8 Å². The Kier molecular flexibility index (Phi) is 8.58. The van der Waals surface area contributed by atoms with Gasteiger partial charge in [-0.15, -0.1) is 0 Å². The molecule has 2 aliphatic rings. The van der Waals surface area contributed by atoms with Crippen molar-refractivity contribution in [1.82, 2.24) is 9.80 Å². The standard InChI is InChI=1S/C31H35ClN2O5/c1-21(2)27-18-24(22-8-10-25(32)11-9-22)19-39-30(27)23-5-3-6-26(17-23)38-20-29(35)33-12-14-34(15-13-33)31(36)28-7-4-16-37-28/h3-11,16-17,21,24,27,30H,12-15,18-20H2,1-2H3/t24-,27-,30-/m0/s1. The van der Waals surface area contributed by atoms with Crippen LogP contribution in [0.5, 0.6) is 5.75 Å². The monoisotopic (exact) mass is 550 g/mol. The van der Waals surface area contributed by atoms with Crippen LogP contribution < -0.4 is 4.74 Å². The van der Waals surface area contributed by atoms with E-state index in [2.05, 4.69) is 32.0 Å². The molecule has 0 bridgehead atoms. The predicted octanol–water partition coefficient (Wildman–Crippen LogP) is 5.81. The summed E-state index contributed by atoms with van der Waals surface area (Å²) >= 11 is 6.09.